The van der Waals surface area contributed by atoms with Gasteiger partial charge in [-0.15, -0.1) is 0 Å². The van der Waals surface area contributed by atoms with Gasteiger partial charge in [-0.25, -0.2) is 0 Å². The molecule has 0 bridgehead atoms. The van der Waals surface area contributed by atoms with Gasteiger partial charge in [0, 0.05) is 19.3 Å². The highest BCUT2D eigenvalue weighted by Crippen LogP contribution is 2.13. The van der Waals surface area contributed by atoms with Crippen molar-refractivity contribution in [2.24, 2.45) is 0 Å². The third kappa shape index (κ3) is 42.1. The number of unbranched alkanes of at least 4 members (excludes halogenated alkanes) is 20. The molecule has 0 aromatic rings. The van der Waals surface area contributed by atoms with E-state index in [4.69, 9.17) is 14.2 Å². The van der Waals surface area contributed by atoms with Gasteiger partial charge in [0.15, 0.2) is 6.10 Å². The molecule has 0 fully saturated rings. The van der Waals surface area contributed by atoms with E-state index in [0.717, 1.165) is 83.5 Å². The van der Waals surface area contributed by atoms with Gasteiger partial charge in [-0.2, -0.15) is 0 Å². The van der Waals surface area contributed by atoms with E-state index in [0.29, 0.717) is 12.8 Å². The lowest BCUT2D eigenvalue weighted by Crippen LogP contribution is -2.30. The van der Waals surface area contributed by atoms with E-state index in [1.54, 1.807) is 0 Å². The first kappa shape index (κ1) is 52.1. The van der Waals surface area contributed by atoms with Gasteiger partial charge in [-0.1, -0.05) is 165 Å². The molecule has 0 saturated heterocycles. The Kier molecular flexibility index (Phi) is 41.5. The Hall–Kier alpha value is -2.89. The van der Waals surface area contributed by atoms with Gasteiger partial charge in [0.2, 0.25) is 0 Å². The summed E-state index contributed by atoms with van der Waals surface area (Å²) in [6.45, 7) is 6.38. The van der Waals surface area contributed by atoms with Gasteiger partial charge in [-0.3, -0.25) is 14.4 Å². The molecule has 0 saturated carbocycles. The number of allylic oxidation sites excluding steroid dienone is 10. The minimum atomic E-state index is -0.799. The van der Waals surface area contributed by atoms with Crippen molar-refractivity contribution in [2.45, 2.75) is 219 Å². The summed E-state index contributed by atoms with van der Waals surface area (Å²) in [7, 11) is 0. The molecule has 0 amide bonds. The minimum Gasteiger partial charge on any atom is -0.462 e. The maximum atomic E-state index is 12.7. The first-order valence-electron chi connectivity index (χ1n) is 22.8. The second kappa shape index (κ2) is 43.8. The molecule has 0 rings (SSSR count). The first-order valence-corrected chi connectivity index (χ1v) is 22.8. The molecule has 316 valence electrons. The maximum Gasteiger partial charge on any atom is 0.306 e. The standard InChI is InChI=1S/C49H84O6/c1-4-7-10-13-16-19-21-22-23-24-25-26-28-30-33-36-39-42-48(51)54-45-46(44-53-47(50)41-38-35-32-29-18-15-12-9-6-3)55-49(52)43-40-37-34-31-27-20-17-14-11-8-5-2/h9,12,14,17-18,20,22-23,27,29,46H,4-8,10-11,13,15-16,19,21,24-26,28,30-45H2,1-3H3/b12-9-,17-14-,23-22-,27-20-,29-18-. The van der Waals surface area contributed by atoms with E-state index >= 15 is 0 Å². The zero-order valence-corrected chi connectivity index (χ0v) is 35.9. The Bertz CT molecular complexity index is 1020. The van der Waals surface area contributed by atoms with Gasteiger partial charge < -0.3 is 14.2 Å². The van der Waals surface area contributed by atoms with Crippen LogP contribution < -0.4 is 0 Å². The highest BCUT2D eigenvalue weighted by atomic mass is 16.6. The highest BCUT2D eigenvalue weighted by molar-refractivity contribution is 5.71. The molecular weight excluding hydrogens is 685 g/mol. The predicted molar refractivity (Wildman–Crippen MR) is 233 cm³/mol. The molecule has 0 aliphatic rings. The van der Waals surface area contributed by atoms with Crippen molar-refractivity contribution in [1.82, 2.24) is 0 Å². The summed E-state index contributed by atoms with van der Waals surface area (Å²) in [4.78, 5) is 37.6. The van der Waals surface area contributed by atoms with Crippen LogP contribution in [-0.2, 0) is 28.6 Å². The number of rotatable bonds is 40. The number of ether oxygens (including phenoxy) is 3. The van der Waals surface area contributed by atoms with E-state index in [-0.39, 0.29) is 37.5 Å². The fraction of sp³-hybridized carbons (Fsp3) is 0.735. The molecule has 6 heteroatoms. The molecule has 1 atom stereocenters. The van der Waals surface area contributed by atoms with Crippen molar-refractivity contribution in [3.05, 3.63) is 60.8 Å². The van der Waals surface area contributed by atoms with Gasteiger partial charge in [0.25, 0.3) is 0 Å². The number of carbonyl (C=O) groups is 3. The Morgan fingerprint density at radius 3 is 1.33 bits per heavy atom. The molecule has 55 heavy (non-hydrogen) atoms. The minimum absolute atomic E-state index is 0.0981. The van der Waals surface area contributed by atoms with Crippen LogP contribution >= 0.6 is 0 Å². The van der Waals surface area contributed by atoms with Crippen molar-refractivity contribution < 1.29 is 28.6 Å². The molecule has 0 aliphatic heterocycles. The monoisotopic (exact) mass is 769 g/mol. The molecule has 0 aromatic carbocycles. The zero-order chi connectivity index (χ0) is 40.1. The molecule has 0 radical (unpaired) electrons. The molecule has 1 unspecified atom stereocenters. The van der Waals surface area contributed by atoms with E-state index < -0.39 is 6.10 Å². The van der Waals surface area contributed by atoms with Gasteiger partial charge >= 0.3 is 17.9 Å². The third-order valence-corrected chi connectivity index (χ3v) is 9.50. The molecular formula is C49H84O6. The topological polar surface area (TPSA) is 78.9 Å². The van der Waals surface area contributed by atoms with E-state index in [1.165, 1.54) is 89.9 Å². The maximum absolute atomic E-state index is 12.7. The summed E-state index contributed by atoms with van der Waals surface area (Å²) in [6, 6.07) is 0. The Morgan fingerprint density at radius 2 is 0.782 bits per heavy atom. The molecule has 0 aliphatic carbocycles. The molecule has 0 aromatic heterocycles. The van der Waals surface area contributed by atoms with Crippen molar-refractivity contribution in [3.63, 3.8) is 0 Å². The second-order valence-corrected chi connectivity index (χ2v) is 14.9. The highest BCUT2D eigenvalue weighted by Gasteiger charge is 2.19. The van der Waals surface area contributed by atoms with Gasteiger partial charge in [-0.05, 0) is 89.9 Å². The molecule has 0 N–H and O–H groups in total. The van der Waals surface area contributed by atoms with Crippen molar-refractivity contribution in [2.75, 3.05) is 13.2 Å². The lowest BCUT2D eigenvalue weighted by atomic mass is 10.1. The summed E-state index contributed by atoms with van der Waals surface area (Å²) in [6.07, 6.45) is 52.2. The lowest BCUT2D eigenvalue weighted by molar-refractivity contribution is -0.167. The number of carbonyl (C=O) groups excluding carboxylic acids is 3. The zero-order valence-electron chi connectivity index (χ0n) is 35.9. The average molecular weight is 769 g/mol. The fourth-order valence-corrected chi connectivity index (χ4v) is 6.04. The van der Waals surface area contributed by atoms with Crippen LogP contribution in [0.3, 0.4) is 0 Å². The van der Waals surface area contributed by atoms with Crippen molar-refractivity contribution in [3.8, 4) is 0 Å². The van der Waals surface area contributed by atoms with E-state index in [9.17, 15) is 14.4 Å². The Balaban J connectivity index is 4.37. The van der Waals surface area contributed by atoms with Crippen molar-refractivity contribution in [1.29, 1.82) is 0 Å². The summed E-state index contributed by atoms with van der Waals surface area (Å²) < 4.78 is 16.6. The third-order valence-electron chi connectivity index (χ3n) is 9.50. The van der Waals surface area contributed by atoms with E-state index in [2.05, 4.69) is 81.5 Å². The first-order chi connectivity index (χ1) is 27.0. The molecule has 0 heterocycles. The van der Waals surface area contributed by atoms with Gasteiger partial charge in [0.1, 0.15) is 13.2 Å². The second-order valence-electron chi connectivity index (χ2n) is 14.9. The lowest BCUT2D eigenvalue weighted by Gasteiger charge is -2.18. The predicted octanol–water partition coefficient (Wildman–Crippen LogP) is 14.5. The van der Waals surface area contributed by atoms with Gasteiger partial charge in [0.05, 0.1) is 0 Å². The summed E-state index contributed by atoms with van der Waals surface area (Å²) in [5.74, 6) is -0.974. The summed E-state index contributed by atoms with van der Waals surface area (Å²) >= 11 is 0. The molecule has 0 spiro atoms. The van der Waals surface area contributed by atoms with Crippen molar-refractivity contribution >= 4 is 17.9 Å². The van der Waals surface area contributed by atoms with Crippen LogP contribution in [0.2, 0.25) is 0 Å². The quantitative estimate of drug-likeness (QED) is 0.0203. The number of hydrogen-bond donors (Lipinski definition) is 0. The number of hydrogen-bond acceptors (Lipinski definition) is 6. The molecule has 6 nitrogen and oxygen atoms in total. The summed E-state index contributed by atoms with van der Waals surface area (Å²) in [5.41, 5.74) is 0. The van der Waals surface area contributed by atoms with Crippen LogP contribution in [0.4, 0.5) is 0 Å². The van der Waals surface area contributed by atoms with Crippen LogP contribution in [0.25, 0.3) is 0 Å². The smallest absolute Gasteiger partial charge is 0.306 e. The van der Waals surface area contributed by atoms with Crippen LogP contribution in [0, 0.1) is 0 Å². The van der Waals surface area contributed by atoms with E-state index in [1.807, 2.05) is 0 Å². The Morgan fingerprint density at radius 1 is 0.400 bits per heavy atom. The average Bonchev–Trinajstić information content (AvgIpc) is 3.18. The van der Waals surface area contributed by atoms with Crippen LogP contribution in [-0.4, -0.2) is 37.2 Å². The SMILES string of the molecule is CC/C=C\C/C=C\CCCCC(=O)OCC(COC(=O)CCCCCCCCC/C=C\CCCCCCCC)OC(=O)CCCCC/C=C\C=C/CCCC. The van der Waals surface area contributed by atoms with Crippen LogP contribution in [0.5, 0.6) is 0 Å². The normalized spacial score (nSPS) is 12.6. The Labute approximate surface area is 339 Å². The fourth-order valence-electron chi connectivity index (χ4n) is 6.04. The largest absolute Gasteiger partial charge is 0.462 e. The van der Waals surface area contributed by atoms with Crippen LogP contribution in [0.1, 0.15) is 213 Å². The van der Waals surface area contributed by atoms with Crippen LogP contribution in [0.15, 0.2) is 60.8 Å². The number of esters is 3. The summed E-state index contributed by atoms with van der Waals surface area (Å²) in [5, 5.41) is 0.